The maximum Gasteiger partial charge on any atom is 0.348 e. The van der Waals surface area contributed by atoms with E-state index in [1.807, 2.05) is 0 Å². The van der Waals surface area contributed by atoms with Crippen LogP contribution in [0.3, 0.4) is 0 Å². The highest BCUT2D eigenvalue weighted by molar-refractivity contribution is 6.32. The lowest BCUT2D eigenvalue weighted by Gasteiger charge is -2.16. The Bertz CT molecular complexity index is 738. The molecule has 0 saturated carbocycles. The summed E-state index contributed by atoms with van der Waals surface area (Å²) in [4.78, 5) is 24.8. The van der Waals surface area contributed by atoms with Crippen molar-refractivity contribution in [2.75, 3.05) is 33.9 Å². The smallest absolute Gasteiger partial charge is 0.348 e. The summed E-state index contributed by atoms with van der Waals surface area (Å²) in [5.41, 5.74) is 0.302. The molecule has 7 nitrogen and oxygen atoms in total. The third-order valence-corrected chi connectivity index (χ3v) is 3.38. The van der Waals surface area contributed by atoms with E-state index in [-0.39, 0.29) is 35.5 Å². The van der Waals surface area contributed by atoms with Crippen LogP contribution in [0.5, 0.6) is 11.5 Å². The number of halogens is 1. The molecule has 0 radical (unpaired) electrons. The van der Waals surface area contributed by atoms with Crippen LogP contribution in [-0.2, 0) is 14.3 Å². The van der Waals surface area contributed by atoms with Gasteiger partial charge in [0.15, 0.2) is 18.1 Å². The Morgan fingerprint density at radius 3 is 2.46 bits per heavy atom. The zero-order valence-electron chi connectivity index (χ0n) is 15.2. The van der Waals surface area contributed by atoms with Gasteiger partial charge in [0.1, 0.15) is 11.6 Å². The molecule has 1 aromatic carbocycles. The standard InChI is InChI=1S/C18H21ClN2O5/c1-5-24-15-9-12(7-13(10-20)18(23)25-6-2)8-14(19)17(15)26-11-16(22)21(3)4/h7-9H,5-6,11H2,1-4H3. The molecule has 0 aliphatic heterocycles. The summed E-state index contributed by atoms with van der Waals surface area (Å²) in [5, 5.41) is 9.32. The van der Waals surface area contributed by atoms with E-state index in [0.29, 0.717) is 17.9 Å². The molecule has 1 rings (SSSR count). The van der Waals surface area contributed by atoms with Crippen LogP contribution in [0.2, 0.25) is 5.02 Å². The fourth-order valence-electron chi connectivity index (χ4n) is 1.85. The Hall–Kier alpha value is -2.72. The average molecular weight is 381 g/mol. The van der Waals surface area contributed by atoms with Crippen LogP contribution in [0.1, 0.15) is 19.4 Å². The van der Waals surface area contributed by atoms with Crippen molar-refractivity contribution in [1.29, 1.82) is 5.26 Å². The Kier molecular flexibility index (Phi) is 8.46. The fraction of sp³-hybridized carbons (Fsp3) is 0.389. The van der Waals surface area contributed by atoms with E-state index in [9.17, 15) is 9.59 Å². The van der Waals surface area contributed by atoms with Gasteiger partial charge in [-0.1, -0.05) is 11.6 Å². The number of ether oxygens (including phenoxy) is 3. The van der Waals surface area contributed by atoms with Crippen molar-refractivity contribution >= 4 is 29.6 Å². The first-order valence-corrected chi connectivity index (χ1v) is 8.30. The van der Waals surface area contributed by atoms with Crippen LogP contribution < -0.4 is 9.47 Å². The monoisotopic (exact) mass is 380 g/mol. The molecule has 1 aromatic rings. The van der Waals surface area contributed by atoms with Gasteiger partial charge in [0.2, 0.25) is 0 Å². The lowest BCUT2D eigenvalue weighted by Crippen LogP contribution is -2.27. The number of likely N-dealkylation sites (N-methyl/N-ethyl adjacent to an activating group) is 1. The summed E-state index contributed by atoms with van der Waals surface area (Å²) < 4.78 is 15.8. The minimum atomic E-state index is -0.721. The van der Waals surface area contributed by atoms with Crippen LogP contribution >= 0.6 is 11.6 Å². The molecule has 0 fully saturated rings. The molecule has 26 heavy (non-hydrogen) atoms. The Balaban J connectivity index is 3.20. The zero-order chi connectivity index (χ0) is 19.7. The van der Waals surface area contributed by atoms with Crippen molar-refractivity contribution in [3.8, 4) is 17.6 Å². The summed E-state index contributed by atoms with van der Waals surface area (Å²) in [5.74, 6) is -0.433. The molecule has 0 aliphatic rings. The number of hydrogen-bond donors (Lipinski definition) is 0. The first-order chi connectivity index (χ1) is 12.3. The number of nitrogens with zero attached hydrogens (tertiary/aromatic N) is 2. The number of rotatable bonds is 8. The predicted octanol–water partition coefficient (Wildman–Crippen LogP) is 2.68. The molecule has 0 bridgehead atoms. The topological polar surface area (TPSA) is 88.9 Å². The van der Waals surface area contributed by atoms with E-state index in [1.165, 1.54) is 17.0 Å². The maximum atomic E-state index is 11.7. The van der Waals surface area contributed by atoms with Crippen LogP contribution in [0, 0.1) is 11.3 Å². The molecule has 140 valence electrons. The highest BCUT2D eigenvalue weighted by Crippen LogP contribution is 2.37. The summed E-state index contributed by atoms with van der Waals surface area (Å²) in [6, 6.07) is 4.88. The van der Waals surface area contributed by atoms with Crippen molar-refractivity contribution in [2.24, 2.45) is 0 Å². The van der Waals surface area contributed by atoms with Crippen LogP contribution in [0.25, 0.3) is 6.08 Å². The number of benzene rings is 1. The summed E-state index contributed by atoms with van der Waals surface area (Å²) >= 11 is 6.24. The Morgan fingerprint density at radius 1 is 1.23 bits per heavy atom. The number of esters is 1. The number of carbonyl (C=O) groups is 2. The molecule has 0 aliphatic carbocycles. The highest BCUT2D eigenvalue weighted by Gasteiger charge is 2.16. The van der Waals surface area contributed by atoms with Crippen LogP contribution in [-0.4, -0.2) is 50.7 Å². The van der Waals surface area contributed by atoms with E-state index in [4.69, 9.17) is 31.1 Å². The van der Waals surface area contributed by atoms with Gasteiger partial charge in [-0.3, -0.25) is 4.79 Å². The summed E-state index contributed by atoms with van der Waals surface area (Å²) in [6.45, 7) is 3.73. The summed E-state index contributed by atoms with van der Waals surface area (Å²) in [7, 11) is 3.23. The van der Waals surface area contributed by atoms with E-state index in [0.717, 1.165) is 0 Å². The van der Waals surface area contributed by atoms with Gasteiger partial charge in [-0.15, -0.1) is 0 Å². The molecule has 0 aromatic heterocycles. The van der Waals surface area contributed by atoms with Crippen molar-refractivity contribution in [3.63, 3.8) is 0 Å². The van der Waals surface area contributed by atoms with Crippen molar-refractivity contribution in [3.05, 3.63) is 28.3 Å². The van der Waals surface area contributed by atoms with E-state index >= 15 is 0 Å². The lowest BCUT2D eigenvalue weighted by atomic mass is 10.1. The molecule has 0 N–H and O–H groups in total. The Morgan fingerprint density at radius 2 is 1.92 bits per heavy atom. The van der Waals surface area contributed by atoms with Crippen LogP contribution in [0.4, 0.5) is 0 Å². The quantitative estimate of drug-likeness (QED) is 0.391. The second kappa shape index (κ2) is 10.3. The molecule has 0 unspecified atom stereocenters. The molecule has 1 amide bonds. The van der Waals surface area contributed by atoms with E-state index in [1.54, 1.807) is 40.1 Å². The van der Waals surface area contributed by atoms with Crippen LogP contribution in [0.15, 0.2) is 17.7 Å². The predicted molar refractivity (Wildman–Crippen MR) is 97.0 cm³/mol. The van der Waals surface area contributed by atoms with Crippen molar-refractivity contribution < 1.29 is 23.8 Å². The largest absolute Gasteiger partial charge is 0.490 e. The van der Waals surface area contributed by atoms with Gasteiger partial charge in [-0.2, -0.15) is 5.26 Å². The van der Waals surface area contributed by atoms with Gasteiger partial charge >= 0.3 is 5.97 Å². The second-order valence-electron chi connectivity index (χ2n) is 5.23. The van der Waals surface area contributed by atoms with Gasteiger partial charge in [-0.05, 0) is 37.6 Å². The second-order valence-corrected chi connectivity index (χ2v) is 5.64. The number of amides is 1. The van der Waals surface area contributed by atoms with E-state index in [2.05, 4.69) is 0 Å². The molecule has 0 heterocycles. The SMILES string of the molecule is CCOC(=O)C(C#N)=Cc1cc(Cl)c(OCC(=O)N(C)C)c(OCC)c1. The third-order valence-electron chi connectivity index (χ3n) is 3.10. The van der Waals surface area contributed by atoms with Gasteiger partial charge in [-0.25, -0.2) is 4.79 Å². The minimum absolute atomic E-state index is 0.162. The Labute approximate surface area is 157 Å². The average Bonchev–Trinajstić information content (AvgIpc) is 2.58. The first kappa shape index (κ1) is 21.3. The fourth-order valence-corrected chi connectivity index (χ4v) is 2.12. The molecule has 0 spiro atoms. The van der Waals surface area contributed by atoms with Gasteiger partial charge in [0, 0.05) is 14.1 Å². The van der Waals surface area contributed by atoms with Crippen molar-refractivity contribution in [1.82, 2.24) is 4.90 Å². The third kappa shape index (κ3) is 5.97. The lowest BCUT2D eigenvalue weighted by molar-refractivity contribution is -0.138. The molecular formula is C18H21ClN2O5. The summed E-state index contributed by atoms with van der Waals surface area (Å²) in [6.07, 6.45) is 1.35. The van der Waals surface area contributed by atoms with Gasteiger partial charge < -0.3 is 19.1 Å². The molecule has 0 atom stereocenters. The maximum absolute atomic E-state index is 11.7. The highest BCUT2D eigenvalue weighted by atomic mass is 35.5. The van der Waals surface area contributed by atoms with Gasteiger partial charge in [0.05, 0.1) is 18.2 Å². The van der Waals surface area contributed by atoms with E-state index < -0.39 is 5.97 Å². The molecule has 0 saturated heterocycles. The molecule has 8 heteroatoms. The number of carbonyl (C=O) groups excluding carboxylic acids is 2. The number of hydrogen-bond acceptors (Lipinski definition) is 6. The minimum Gasteiger partial charge on any atom is -0.490 e. The van der Waals surface area contributed by atoms with Crippen molar-refractivity contribution in [2.45, 2.75) is 13.8 Å². The normalized spacial score (nSPS) is 10.7. The van der Waals surface area contributed by atoms with Gasteiger partial charge in [0.25, 0.3) is 5.91 Å². The first-order valence-electron chi connectivity index (χ1n) is 7.92. The molecular weight excluding hydrogens is 360 g/mol. The zero-order valence-corrected chi connectivity index (χ0v) is 15.9. The number of nitriles is 1.